The number of nitrogens with zero attached hydrogens (tertiary/aromatic N) is 1. The van der Waals surface area contributed by atoms with Gasteiger partial charge in [0.1, 0.15) is 5.82 Å². The molecule has 1 N–H and O–H groups in total. The summed E-state index contributed by atoms with van der Waals surface area (Å²) in [5, 5.41) is 4.99. The van der Waals surface area contributed by atoms with Crippen LogP contribution in [-0.4, -0.2) is 36.7 Å². The van der Waals surface area contributed by atoms with Crippen LogP contribution in [0.3, 0.4) is 0 Å². The van der Waals surface area contributed by atoms with E-state index in [0.717, 1.165) is 29.9 Å². The summed E-state index contributed by atoms with van der Waals surface area (Å²) in [6.07, 6.45) is 2.87. The van der Waals surface area contributed by atoms with Crippen molar-refractivity contribution in [3.05, 3.63) is 58.0 Å². The van der Waals surface area contributed by atoms with Crippen LogP contribution in [0.25, 0.3) is 0 Å². The lowest BCUT2D eigenvalue weighted by molar-refractivity contribution is 0.0798. The van der Waals surface area contributed by atoms with Crippen LogP contribution in [0, 0.1) is 5.82 Å². The fraction of sp³-hybridized carbons (Fsp3) is 0.421. The third kappa shape index (κ3) is 5.54. The lowest BCUT2D eigenvalue weighted by atomic mass is 10.1. The Kier molecular flexibility index (Phi) is 6.42. The van der Waals surface area contributed by atoms with E-state index in [1.807, 2.05) is 22.4 Å². The van der Waals surface area contributed by atoms with Gasteiger partial charge in [-0.2, -0.15) is 0 Å². The van der Waals surface area contributed by atoms with E-state index in [4.69, 9.17) is 4.74 Å². The highest BCUT2D eigenvalue weighted by Gasteiger charge is 2.22. The molecular weight excluding hydrogens is 339 g/mol. The molecule has 2 heterocycles. The molecule has 3 rings (SSSR count). The second kappa shape index (κ2) is 8.97. The minimum atomic E-state index is -0.244. The van der Waals surface area contributed by atoms with Gasteiger partial charge in [-0.15, -0.1) is 11.3 Å². The van der Waals surface area contributed by atoms with Crippen molar-refractivity contribution < 1.29 is 13.9 Å². The largest absolute Gasteiger partial charge is 0.376 e. The Morgan fingerprint density at radius 2 is 2.16 bits per heavy atom. The van der Waals surface area contributed by atoms with E-state index in [1.165, 1.54) is 12.1 Å². The van der Waals surface area contributed by atoms with Crippen molar-refractivity contribution in [1.29, 1.82) is 0 Å². The molecule has 25 heavy (non-hydrogen) atoms. The van der Waals surface area contributed by atoms with Gasteiger partial charge in [0.15, 0.2) is 0 Å². The predicted molar refractivity (Wildman–Crippen MR) is 97.2 cm³/mol. The van der Waals surface area contributed by atoms with Crippen LogP contribution in [0.4, 0.5) is 9.18 Å². The number of hydrogen-bond acceptors (Lipinski definition) is 3. The summed E-state index contributed by atoms with van der Waals surface area (Å²) >= 11 is 1.65. The Balaban J connectivity index is 1.52. The van der Waals surface area contributed by atoms with E-state index in [9.17, 15) is 9.18 Å². The summed E-state index contributed by atoms with van der Waals surface area (Å²) in [7, 11) is 0. The van der Waals surface area contributed by atoms with Crippen molar-refractivity contribution in [3.8, 4) is 0 Å². The molecular formula is C19H23FN2O2S. The van der Waals surface area contributed by atoms with Crippen LogP contribution in [-0.2, 0) is 17.7 Å². The zero-order valence-corrected chi connectivity index (χ0v) is 14.9. The Hall–Kier alpha value is -1.92. The third-order valence-electron chi connectivity index (χ3n) is 4.27. The Morgan fingerprint density at radius 3 is 2.84 bits per heavy atom. The van der Waals surface area contributed by atoms with E-state index >= 15 is 0 Å². The number of benzene rings is 1. The number of carbonyl (C=O) groups is 1. The van der Waals surface area contributed by atoms with Crippen molar-refractivity contribution in [3.63, 3.8) is 0 Å². The number of hydrogen-bond donors (Lipinski definition) is 1. The van der Waals surface area contributed by atoms with Gasteiger partial charge in [0.05, 0.1) is 12.6 Å². The number of urea groups is 1. The normalized spacial score (nSPS) is 16.8. The molecule has 1 atom stereocenters. The smallest absolute Gasteiger partial charge is 0.317 e. The number of ether oxygens (including phenoxy) is 1. The molecule has 2 aromatic rings. The average Bonchev–Trinajstić information content (AvgIpc) is 3.30. The Bertz CT molecular complexity index is 655. The second-order valence-electron chi connectivity index (χ2n) is 6.20. The van der Waals surface area contributed by atoms with Gasteiger partial charge in [-0.3, -0.25) is 0 Å². The van der Waals surface area contributed by atoms with Gasteiger partial charge < -0.3 is 15.0 Å². The quantitative estimate of drug-likeness (QED) is 0.813. The maximum atomic E-state index is 12.9. The van der Waals surface area contributed by atoms with Crippen LogP contribution >= 0.6 is 11.3 Å². The van der Waals surface area contributed by atoms with Crippen LogP contribution in [0.15, 0.2) is 41.8 Å². The molecule has 1 saturated heterocycles. The molecule has 2 amide bonds. The Labute approximate surface area is 151 Å². The van der Waals surface area contributed by atoms with Crippen LogP contribution < -0.4 is 5.32 Å². The van der Waals surface area contributed by atoms with Gasteiger partial charge in [-0.05, 0) is 48.4 Å². The molecule has 4 nitrogen and oxygen atoms in total. The third-order valence-corrected chi connectivity index (χ3v) is 5.13. The lowest BCUT2D eigenvalue weighted by Gasteiger charge is -2.25. The van der Waals surface area contributed by atoms with Gasteiger partial charge >= 0.3 is 6.03 Å². The molecule has 1 aliphatic rings. The first kappa shape index (κ1) is 17.9. The maximum Gasteiger partial charge on any atom is 0.317 e. The standard InChI is InChI=1S/C19H23FN2O2S/c20-16-7-5-15(6-8-16)9-10-21-19(23)22(13-17-3-1-11-24-17)14-18-4-2-12-25-18/h2,4-8,12,17H,1,3,9-11,13-14H2,(H,21,23). The monoisotopic (exact) mass is 362 g/mol. The van der Waals surface area contributed by atoms with Gasteiger partial charge in [0.2, 0.25) is 0 Å². The molecule has 1 aliphatic heterocycles. The van der Waals surface area contributed by atoms with Gasteiger partial charge in [-0.25, -0.2) is 9.18 Å². The van der Waals surface area contributed by atoms with Crippen LogP contribution in [0.5, 0.6) is 0 Å². The number of amides is 2. The van der Waals surface area contributed by atoms with E-state index in [-0.39, 0.29) is 18.0 Å². The van der Waals surface area contributed by atoms with Crippen molar-refractivity contribution >= 4 is 17.4 Å². The molecule has 0 bridgehead atoms. The van der Waals surface area contributed by atoms with Crippen molar-refractivity contribution in [2.24, 2.45) is 0 Å². The summed E-state index contributed by atoms with van der Waals surface area (Å²) in [5.41, 5.74) is 1.01. The minimum absolute atomic E-state index is 0.0778. The van der Waals surface area contributed by atoms with Gasteiger partial charge in [0, 0.05) is 24.6 Å². The van der Waals surface area contributed by atoms with Crippen molar-refractivity contribution in [2.75, 3.05) is 19.7 Å². The van der Waals surface area contributed by atoms with E-state index in [1.54, 1.807) is 23.5 Å². The summed E-state index contributed by atoms with van der Waals surface area (Å²) in [4.78, 5) is 15.6. The molecule has 0 radical (unpaired) electrons. The second-order valence-corrected chi connectivity index (χ2v) is 7.24. The molecule has 0 spiro atoms. The molecule has 0 aliphatic carbocycles. The molecule has 1 fully saturated rings. The highest BCUT2D eigenvalue weighted by Crippen LogP contribution is 2.17. The highest BCUT2D eigenvalue weighted by atomic mass is 32.1. The van der Waals surface area contributed by atoms with Crippen LogP contribution in [0.1, 0.15) is 23.3 Å². The number of carbonyl (C=O) groups excluding carboxylic acids is 1. The molecule has 6 heteroatoms. The van der Waals surface area contributed by atoms with E-state index in [2.05, 4.69) is 5.32 Å². The summed E-state index contributed by atoms with van der Waals surface area (Å²) in [6, 6.07) is 10.3. The summed E-state index contributed by atoms with van der Waals surface area (Å²) < 4.78 is 18.6. The van der Waals surface area contributed by atoms with Crippen molar-refractivity contribution in [1.82, 2.24) is 10.2 Å². The minimum Gasteiger partial charge on any atom is -0.376 e. The number of thiophene rings is 1. The number of halogens is 1. The van der Waals surface area contributed by atoms with Crippen molar-refractivity contribution in [2.45, 2.75) is 31.9 Å². The zero-order valence-electron chi connectivity index (χ0n) is 14.1. The van der Waals surface area contributed by atoms with Gasteiger partial charge in [-0.1, -0.05) is 18.2 Å². The predicted octanol–water partition coefficient (Wildman–Crippen LogP) is 3.82. The fourth-order valence-corrected chi connectivity index (χ4v) is 3.64. The number of nitrogens with one attached hydrogen (secondary N) is 1. The SMILES string of the molecule is O=C(NCCc1ccc(F)cc1)N(Cc1cccs1)CC1CCCO1. The first-order valence-electron chi connectivity index (χ1n) is 8.62. The first-order chi connectivity index (χ1) is 12.2. The molecule has 0 saturated carbocycles. The first-order valence-corrected chi connectivity index (χ1v) is 9.50. The molecule has 1 aromatic heterocycles. The zero-order chi connectivity index (χ0) is 17.5. The van der Waals surface area contributed by atoms with Crippen LogP contribution in [0.2, 0.25) is 0 Å². The molecule has 1 aromatic carbocycles. The molecule has 134 valence electrons. The summed E-state index contributed by atoms with van der Waals surface area (Å²) in [6.45, 7) is 2.51. The highest BCUT2D eigenvalue weighted by molar-refractivity contribution is 7.09. The topological polar surface area (TPSA) is 41.6 Å². The fourth-order valence-electron chi connectivity index (χ4n) is 2.92. The lowest BCUT2D eigenvalue weighted by Crippen LogP contribution is -2.43. The average molecular weight is 362 g/mol. The number of rotatable bonds is 7. The maximum absolute atomic E-state index is 12.9. The Morgan fingerprint density at radius 1 is 1.32 bits per heavy atom. The van der Waals surface area contributed by atoms with E-state index in [0.29, 0.717) is 26.1 Å². The summed E-state index contributed by atoms with van der Waals surface area (Å²) in [5.74, 6) is -0.244. The molecule has 1 unspecified atom stereocenters. The van der Waals surface area contributed by atoms with E-state index < -0.39 is 0 Å². The van der Waals surface area contributed by atoms with Gasteiger partial charge in [0.25, 0.3) is 0 Å².